The smallest absolute Gasteiger partial charge is 0.263 e. The van der Waals surface area contributed by atoms with Gasteiger partial charge in [0, 0.05) is 18.5 Å². The Bertz CT molecular complexity index is 864. The van der Waals surface area contributed by atoms with Gasteiger partial charge in [-0.1, -0.05) is 6.07 Å². The molecule has 128 valence electrons. The normalized spacial score (nSPS) is 10.3. The molecule has 25 heavy (non-hydrogen) atoms. The lowest BCUT2D eigenvalue weighted by molar-refractivity contribution is -0.118. The van der Waals surface area contributed by atoms with E-state index in [0.29, 0.717) is 23.1 Å². The lowest BCUT2D eigenvalue weighted by Gasteiger charge is -2.11. The number of aryl methyl sites for hydroxylation is 1. The van der Waals surface area contributed by atoms with Crippen LogP contribution in [0.2, 0.25) is 0 Å². The maximum Gasteiger partial charge on any atom is 0.263 e. The van der Waals surface area contributed by atoms with Gasteiger partial charge in [0.15, 0.2) is 18.1 Å². The molecular weight excluding hydrogens is 322 g/mol. The summed E-state index contributed by atoms with van der Waals surface area (Å²) < 4.78 is 12.5. The molecule has 0 bridgehead atoms. The molecular formula is C17H17N5O3. The van der Waals surface area contributed by atoms with Crippen molar-refractivity contribution in [1.82, 2.24) is 19.5 Å². The maximum absolute atomic E-state index is 12.1. The summed E-state index contributed by atoms with van der Waals surface area (Å²) in [4.78, 5) is 24.2. The molecule has 1 amide bonds. The standard InChI is InChI=1S/C17H17N5O3/c1-12-3-4-13(14(7-12)24-2)25-9-17(23)21-15-8-16(20-10-19-15)22-6-5-18-11-22/h3-8,10-11H,9H2,1-2H3,(H,19,20,21,23). The summed E-state index contributed by atoms with van der Waals surface area (Å²) in [5.74, 6) is 1.73. The van der Waals surface area contributed by atoms with Crippen molar-refractivity contribution in [2.45, 2.75) is 6.92 Å². The van der Waals surface area contributed by atoms with Crippen LogP contribution in [0.5, 0.6) is 11.5 Å². The van der Waals surface area contributed by atoms with Crippen molar-refractivity contribution >= 4 is 11.7 Å². The summed E-state index contributed by atoms with van der Waals surface area (Å²) in [5.41, 5.74) is 1.04. The molecule has 0 aliphatic carbocycles. The summed E-state index contributed by atoms with van der Waals surface area (Å²) in [6, 6.07) is 7.14. The molecule has 2 heterocycles. The number of imidazole rings is 1. The van der Waals surface area contributed by atoms with E-state index in [2.05, 4.69) is 20.3 Å². The fraction of sp³-hybridized carbons (Fsp3) is 0.176. The molecule has 3 aromatic rings. The van der Waals surface area contributed by atoms with Crippen LogP contribution in [0.25, 0.3) is 5.82 Å². The molecule has 0 radical (unpaired) electrons. The zero-order valence-corrected chi connectivity index (χ0v) is 13.8. The Hall–Kier alpha value is -3.42. The quantitative estimate of drug-likeness (QED) is 0.738. The number of methoxy groups -OCH3 is 1. The molecule has 0 spiro atoms. The Morgan fingerprint density at radius 1 is 1.24 bits per heavy atom. The first-order chi connectivity index (χ1) is 12.2. The topological polar surface area (TPSA) is 91.2 Å². The van der Waals surface area contributed by atoms with Crippen LogP contribution < -0.4 is 14.8 Å². The first-order valence-corrected chi connectivity index (χ1v) is 7.53. The average molecular weight is 339 g/mol. The molecule has 0 fully saturated rings. The molecule has 0 saturated heterocycles. The zero-order valence-electron chi connectivity index (χ0n) is 13.8. The van der Waals surface area contributed by atoms with Gasteiger partial charge in [-0.25, -0.2) is 15.0 Å². The Morgan fingerprint density at radius 2 is 2.12 bits per heavy atom. The SMILES string of the molecule is COc1cc(C)ccc1OCC(=O)Nc1cc(-n2ccnc2)ncn1. The zero-order chi connectivity index (χ0) is 17.6. The average Bonchev–Trinajstić information content (AvgIpc) is 3.15. The molecule has 1 N–H and O–H groups in total. The van der Waals surface area contributed by atoms with Crippen LogP contribution in [0.3, 0.4) is 0 Å². The molecule has 0 atom stereocenters. The lowest BCUT2D eigenvalue weighted by Crippen LogP contribution is -2.21. The van der Waals surface area contributed by atoms with E-state index in [0.717, 1.165) is 5.56 Å². The third-order valence-electron chi connectivity index (χ3n) is 3.37. The fourth-order valence-electron chi connectivity index (χ4n) is 2.17. The van der Waals surface area contributed by atoms with Gasteiger partial charge in [0.25, 0.3) is 5.91 Å². The number of carbonyl (C=O) groups is 1. The van der Waals surface area contributed by atoms with Gasteiger partial charge in [0.1, 0.15) is 24.3 Å². The minimum atomic E-state index is -0.335. The number of rotatable bonds is 6. The number of ether oxygens (including phenoxy) is 2. The van der Waals surface area contributed by atoms with Crippen molar-refractivity contribution in [3.05, 3.63) is 54.9 Å². The highest BCUT2D eigenvalue weighted by Gasteiger charge is 2.09. The number of hydrogen-bond donors (Lipinski definition) is 1. The molecule has 3 rings (SSSR count). The number of nitrogens with one attached hydrogen (secondary N) is 1. The van der Waals surface area contributed by atoms with Crippen molar-refractivity contribution in [2.75, 3.05) is 19.0 Å². The first-order valence-electron chi connectivity index (χ1n) is 7.53. The second-order valence-electron chi connectivity index (χ2n) is 5.22. The number of amides is 1. The molecule has 0 unspecified atom stereocenters. The van der Waals surface area contributed by atoms with Crippen LogP contribution in [-0.2, 0) is 4.79 Å². The van der Waals surface area contributed by atoms with Crippen molar-refractivity contribution in [1.29, 1.82) is 0 Å². The highest BCUT2D eigenvalue weighted by molar-refractivity contribution is 5.91. The van der Waals surface area contributed by atoms with E-state index in [1.165, 1.54) is 6.33 Å². The Balaban J connectivity index is 1.63. The van der Waals surface area contributed by atoms with Crippen molar-refractivity contribution in [3.8, 4) is 17.3 Å². The largest absolute Gasteiger partial charge is 0.493 e. The Morgan fingerprint density at radius 3 is 2.88 bits per heavy atom. The molecule has 2 aromatic heterocycles. The summed E-state index contributed by atoms with van der Waals surface area (Å²) in [6.45, 7) is 1.79. The Labute approximate surface area is 144 Å². The molecule has 1 aromatic carbocycles. The number of benzene rings is 1. The van der Waals surface area contributed by atoms with E-state index >= 15 is 0 Å². The second kappa shape index (κ2) is 7.43. The van der Waals surface area contributed by atoms with E-state index in [4.69, 9.17) is 9.47 Å². The van der Waals surface area contributed by atoms with E-state index in [1.807, 2.05) is 19.1 Å². The summed E-state index contributed by atoms with van der Waals surface area (Å²) >= 11 is 0. The molecule has 8 heteroatoms. The van der Waals surface area contributed by atoms with Gasteiger partial charge in [-0.15, -0.1) is 0 Å². The number of carbonyl (C=O) groups excluding carboxylic acids is 1. The van der Waals surface area contributed by atoms with Gasteiger partial charge >= 0.3 is 0 Å². The fourth-order valence-corrected chi connectivity index (χ4v) is 2.17. The lowest BCUT2D eigenvalue weighted by atomic mass is 10.2. The third-order valence-corrected chi connectivity index (χ3v) is 3.37. The summed E-state index contributed by atoms with van der Waals surface area (Å²) in [7, 11) is 1.56. The Kier molecular flexibility index (Phi) is 4.89. The van der Waals surface area contributed by atoms with E-state index in [-0.39, 0.29) is 12.5 Å². The number of aromatic nitrogens is 4. The number of hydrogen-bond acceptors (Lipinski definition) is 6. The van der Waals surface area contributed by atoms with Crippen molar-refractivity contribution in [2.24, 2.45) is 0 Å². The molecule has 8 nitrogen and oxygen atoms in total. The van der Waals surface area contributed by atoms with Crippen LogP contribution >= 0.6 is 0 Å². The number of anilines is 1. The monoisotopic (exact) mass is 339 g/mol. The predicted molar refractivity (Wildman–Crippen MR) is 91.0 cm³/mol. The van der Waals surface area contributed by atoms with E-state index in [9.17, 15) is 4.79 Å². The third kappa shape index (κ3) is 4.11. The maximum atomic E-state index is 12.1. The van der Waals surface area contributed by atoms with Crippen LogP contribution in [0.4, 0.5) is 5.82 Å². The minimum Gasteiger partial charge on any atom is -0.493 e. The van der Waals surface area contributed by atoms with Crippen LogP contribution in [-0.4, -0.2) is 39.1 Å². The van der Waals surface area contributed by atoms with Gasteiger partial charge in [0.05, 0.1) is 7.11 Å². The predicted octanol–water partition coefficient (Wildman–Crippen LogP) is 2.00. The highest BCUT2D eigenvalue weighted by atomic mass is 16.5. The van der Waals surface area contributed by atoms with Gasteiger partial charge in [-0.3, -0.25) is 9.36 Å². The van der Waals surface area contributed by atoms with Crippen LogP contribution in [0.15, 0.2) is 49.3 Å². The first kappa shape index (κ1) is 16.4. The van der Waals surface area contributed by atoms with Gasteiger partial charge < -0.3 is 14.8 Å². The van der Waals surface area contributed by atoms with Crippen molar-refractivity contribution < 1.29 is 14.3 Å². The minimum absolute atomic E-state index is 0.163. The molecule has 0 aliphatic rings. The summed E-state index contributed by atoms with van der Waals surface area (Å²) in [5, 5.41) is 2.67. The number of nitrogens with zero attached hydrogens (tertiary/aromatic N) is 4. The van der Waals surface area contributed by atoms with Gasteiger partial charge in [-0.2, -0.15) is 0 Å². The summed E-state index contributed by atoms with van der Waals surface area (Å²) in [6.07, 6.45) is 6.37. The molecule has 0 aliphatic heterocycles. The van der Waals surface area contributed by atoms with Crippen LogP contribution in [0, 0.1) is 6.92 Å². The van der Waals surface area contributed by atoms with E-state index < -0.39 is 0 Å². The second-order valence-corrected chi connectivity index (χ2v) is 5.22. The van der Waals surface area contributed by atoms with Crippen molar-refractivity contribution in [3.63, 3.8) is 0 Å². The van der Waals surface area contributed by atoms with Gasteiger partial charge in [-0.05, 0) is 24.6 Å². The highest BCUT2D eigenvalue weighted by Crippen LogP contribution is 2.27. The van der Waals surface area contributed by atoms with E-state index in [1.54, 1.807) is 42.5 Å². The van der Waals surface area contributed by atoms with Gasteiger partial charge in [0.2, 0.25) is 0 Å². The van der Waals surface area contributed by atoms with Crippen LogP contribution in [0.1, 0.15) is 5.56 Å². The molecule has 0 saturated carbocycles.